The number of nitrogens with one attached hydrogen (secondary N) is 1. The van der Waals surface area contributed by atoms with Crippen LogP contribution < -0.4 is 5.56 Å². The highest BCUT2D eigenvalue weighted by Crippen LogP contribution is 2.32. The average Bonchev–Trinajstić information content (AvgIpc) is 2.62. The number of piperidine rings is 2. The maximum atomic E-state index is 12.2. The van der Waals surface area contributed by atoms with E-state index in [4.69, 9.17) is 4.74 Å². The summed E-state index contributed by atoms with van der Waals surface area (Å²) in [7, 11) is 0. The van der Waals surface area contributed by atoms with Gasteiger partial charge >= 0.3 is 6.09 Å². The number of H-pyrrole nitrogens is 1. The highest BCUT2D eigenvalue weighted by Gasteiger charge is 2.38. The predicted molar refractivity (Wildman–Crippen MR) is 101 cm³/mol. The van der Waals surface area contributed by atoms with Crippen LogP contribution in [0.3, 0.4) is 0 Å². The number of carbonyl (C=O) groups is 1. The van der Waals surface area contributed by atoms with E-state index in [1.807, 2.05) is 24.0 Å². The van der Waals surface area contributed by atoms with Gasteiger partial charge in [0.05, 0.1) is 6.61 Å². The van der Waals surface area contributed by atoms with E-state index >= 15 is 0 Å². The molecule has 1 aromatic rings. The van der Waals surface area contributed by atoms with E-state index in [0.717, 1.165) is 44.3 Å². The molecule has 0 bridgehead atoms. The zero-order chi connectivity index (χ0) is 18.7. The van der Waals surface area contributed by atoms with Gasteiger partial charge in [-0.3, -0.25) is 4.79 Å². The van der Waals surface area contributed by atoms with Gasteiger partial charge in [0.2, 0.25) is 0 Å². The highest BCUT2D eigenvalue weighted by atomic mass is 16.6. The van der Waals surface area contributed by atoms with Crippen LogP contribution in [-0.2, 0) is 4.74 Å². The van der Waals surface area contributed by atoms with E-state index in [2.05, 4.69) is 23.7 Å². The Kier molecular flexibility index (Phi) is 6.01. The first-order chi connectivity index (χ1) is 12.5. The summed E-state index contributed by atoms with van der Waals surface area (Å²) in [6.45, 7) is 8.54. The normalized spacial score (nSPS) is 28.1. The molecule has 0 spiro atoms. The molecule has 6 nitrogen and oxygen atoms in total. The molecular formula is C20H31N3O3. The molecule has 26 heavy (non-hydrogen) atoms. The van der Waals surface area contributed by atoms with Gasteiger partial charge in [-0.15, -0.1) is 0 Å². The Hall–Kier alpha value is -1.82. The van der Waals surface area contributed by atoms with Gasteiger partial charge < -0.3 is 19.5 Å². The van der Waals surface area contributed by atoms with Crippen molar-refractivity contribution in [1.82, 2.24) is 14.8 Å². The van der Waals surface area contributed by atoms with E-state index in [1.54, 1.807) is 6.20 Å². The van der Waals surface area contributed by atoms with Crippen LogP contribution in [-0.4, -0.2) is 58.7 Å². The molecule has 2 unspecified atom stereocenters. The Morgan fingerprint density at radius 3 is 2.46 bits per heavy atom. The number of pyridine rings is 1. The van der Waals surface area contributed by atoms with Crippen LogP contribution in [0.2, 0.25) is 0 Å². The minimum Gasteiger partial charge on any atom is -0.450 e. The summed E-state index contributed by atoms with van der Waals surface area (Å²) in [5.41, 5.74) is 0.974. The molecular weight excluding hydrogens is 330 g/mol. The molecule has 1 N–H and O–H groups in total. The molecule has 0 radical (unpaired) electrons. The summed E-state index contributed by atoms with van der Waals surface area (Å²) in [6.07, 6.45) is 5.52. The standard InChI is InChI=1S/C20H31N3O3/c1-4-26-20(25)23-14(2)12-17(13-15(23)3)22-10-7-16(8-11-22)18-6-5-9-21-19(18)24/h5-6,9,14-17H,4,7-8,10-13H2,1-3H3,(H,21,24). The summed E-state index contributed by atoms with van der Waals surface area (Å²) >= 11 is 0. The van der Waals surface area contributed by atoms with Crippen molar-refractivity contribution in [3.8, 4) is 0 Å². The van der Waals surface area contributed by atoms with Gasteiger partial charge in [-0.25, -0.2) is 4.79 Å². The predicted octanol–water partition coefficient (Wildman–Crippen LogP) is 2.95. The molecule has 1 amide bonds. The monoisotopic (exact) mass is 361 g/mol. The van der Waals surface area contributed by atoms with E-state index in [0.29, 0.717) is 18.6 Å². The van der Waals surface area contributed by atoms with E-state index in [-0.39, 0.29) is 23.7 Å². The number of aromatic nitrogens is 1. The molecule has 2 aliphatic rings. The fourth-order valence-corrected chi connectivity index (χ4v) is 4.73. The molecule has 2 atom stereocenters. The minimum absolute atomic E-state index is 0.0518. The molecule has 0 aliphatic carbocycles. The summed E-state index contributed by atoms with van der Waals surface area (Å²) in [6, 6.07) is 4.76. The first-order valence-corrected chi connectivity index (χ1v) is 9.88. The van der Waals surface area contributed by atoms with Gasteiger partial charge in [0.1, 0.15) is 0 Å². The van der Waals surface area contributed by atoms with E-state index < -0.39 is 0 Å². The fourth-order valence-electron chi connectivity index (χ4n) is 4.73. The molecule has 2 saturated heterocycles. The van der Waals surface area contributed by atoms with Gasteiger partial charge in [0, 0.05) is 29.9 Å². The number of likely N-dealkylation sites (tertiary alicyclic amines) is 2. The zero-order valence-electron chi connectivity index (χ0n) is 16.1. The van der Waals surface area contributed by atoms with Crippen LogP contribution in [0.4, 0.5) is 4.79 Å². The van der Waals surface area contributed by atoms with E-state index in [9.17, 15) is 9.59 Å². The molecule has 3 rings (SSSR count). The smallest absolute Gasteiger partial charge is 0.410 e. The van der Waals surface area contributed by atoms with Gasteiger partial charge in [0.25, 0.3) is 5.56 Å². The van der Waals surface area contributed by atoms with Crippen molar-refractivity contribution in [2.75, 3.05) is 19.7 Å². The van der Waals surface area contributed by atoms with E-state index in [1.165, 1.54) is 0 Å². The van der Waals surface area contributed by atoms with Crippen molar-refractivity contribution in [2.45, 2.75) is 70.5 Å². The first kappa shape index (κ1) is 19.0. The highest BCUT2D eigenvalue weighted by molar-refractivity contribution is 5.68. The van der Waals surface area contributed by atoms with Crippen molar-refractivity contribution >= 4 is 6.09 Å². The number of amides is 1. The number of ether oxygens (including phenoxy) is 1. The summed E-state index contributed by atoms with van der Waals surface area (Å²) in [5.74, 6) is 0.352. The second-order valence-electron chi connectivity index (χ2n) is 7.69. The number of nitrogens with zero attached hydrogens (tertiary/aromatic N) is 2. The maximum absolute atomic E-state index is 12.2. The summed E-state index contributed by atoms with van der Waals surface area (Å²) in [4.78, 5) is 31.5. The van der Waals surface area contributed by atoms with Crippen LogP contribution >= 0.6 is 0 Å². The number of hydrogen-bond donors (Lipinski definition) is 1. The fraction of sp³-hybridized carbons (Fsp3) is 0.700. The molecule has 1 aromatic heterocycles. The molecule has 2 fully saturated rings. The van der Waals surface area contributed by atoms with Crippen molar-refractivity contribution in [3.63, 3.8) is 0 Å². The minimum atomic E-state index is -0.187. The number of aromatic amines is 1. The van der Waals surface area contributed by atoms with Crippen LogP contribution in [0.25, 0.3) is 0 Å². The Morgan fingerprint density at radius 2 is 1.88 bits per heavy atom. The third-order valence-electron chi connectivity index (χ3n) is 5.99. The SMILES string of the molecule is CCOC(=O)N1C(C)CC(N2CCC(c3ccc[nH]c3=O)CC2)CC1C. The molecule has 3 heterocycles. The van der Waals surface area contributed by atoms with Crippen molar-refractivity contribution < 1.29 is 9.53 Å². The summed E-state index contributed by atoms with van der Waals surface area (Å²) < 4.78 is 5.22. The van der Waals surface area contributed by atoms with Crippen molar-refractivity contribution in [2.24, 2.45) is 0 Å². The lowest BCUT2D eigenvalue weighted by atomic mass is 9.86. The molecule has 6 heteroatoms. The van der Waals surface area contributed by atoms with Crippen molar-refractivity contribution in [3.05, 3.63) is 34.2 Å². The Balaban J connectivity index is 1.58. The summed E-state index contributed by atoms with van der Waals surface area (Å²) in [5, 5.41) is 0. The van der Waals surface area contributed by atoms with Crippen LogP contribution in [0.1, 0.15) is 57.9 Å². The Morgan fingerprint density at radius 1 is 1.23 bits per heavy atom. The van der Waals surface area contributed by atoms with Gasteiger partial charge in [-0.2, -0.15) is 0 Å². The second-order valence-corrected chi connectivity index (χ2v) is 7.69. The van der Waals surface area contributed by atoms with Crippen molar-refractivity contribution in [1.29, 1.82) is 0 Å². The Labute approximate surface area is 155 Å². The average molecular weight is 361 g/mol. The van der Waals surface area contributed by atoms with Gasteiger partial charge in [-0.05, 0) is 71.5 Å². The maximum Gasteiger partial charge on any atom is 0.410 e. The molecule has 0 saturated carbocycles. The lowest BCUT2D eigenvalue weighted by Gasteiger charge is -2.47. The third kappa shape index (κ3) is 3.95. The largest absolute Gasteiger partial charge is 0.450 e. The lowest BCUT2D eigenvalue weighted by molar-refractivity contribution is 0.0180. The van der Waals surface area contributed by atoms with Crippen LogP contribution in [0.15, 0.2) is 23.1 Å². The van der Waals surface area contributed by atoms with Crippen LogP contribution in [0.5, 0.6) is 0 Å². The number of carbonyl (C=O) groups excluding carboxylic acids is 1. The molecule has 2 aliphatic heterocycles. The molecule has 144 valence electrons. The second kappa shape index (κ2) is 8.25. The number of rotatable bonds is 3. The number of hydrogen-bond acceptors (Lipinski definition) is 4. The lowest BCUT2D eigenvalue weighted by Crippen LogP contribution is -2.56. The zero-order valence-corrected chi connectivity index (χ0v) is 16.1. The van der Waals surface area contributed by atoms with Gasteiger partial charge in [0.15, 0.2) is 0 Å². The first-order valence-electron chi connectivity index (χ1n) is 9.88. The molecule has 0 aromatic carbocycles. The third-order valence-corrected chi connectivity index (χ3v) is 5.99. The van der Waals surface area contributed by atoms with Gasteiger partial charge in [-0.1, -0.05) is 6.07 Å². The Bertz CT molecular complexity index is 654. The van der Waals surface area contributed by atoms with Crippen LogP contribution in [0, 0.1) is 0 Å². The topological polar surface area (TPSA) is 65.6 Å². The quantitative estimate of drug-likeness (QED) is 0.899.